The zero-order valence-electron chi connectivity index (χ0n) is 13.8. The summed E-state index contributed by atoms with van der Waals surface area (Å²) in [5.74, 6) is -3.64. The van der Waals surface area contributed by atoms with Gasteiger partial charge in [0.1, 0.15) is 6.61 Å². The maximum absolute atomic E-state index is 12.4. The number of nitrogens with zero attached hydrogens (tertiary/aromatic N) is 1. The maximum atomic E-state index is 12.4. The van der Waals surface area contributed by atoms with Gasteiger partial charge in [0.2, 0.25) is 9.70 Å². The molecule has 0 unspecified atom stereocenters. The van der Waals surface area contributed by atoms with Crippen LogP contribution >= 0.6 is 46.4 Å². The number of benzene rings is 1. The molecule has 0 saturated carbocycles. The number of likely N-dealkylation sites (tertiary alicyclic amines) is 1. The van der Waals surface area contributed by atoms with E-state index >= 15 is 0 Å². The van der Waals surface area contributed by atoms with Crippen molar-refractivity contribution in [3.8, 4) is 0 Å². The van der Waals surface area contributed by atoms with Crippen molar-refractivity contribution in [2.75, 3.05) is 19.7 Å². The maximum Gasteiger partial charge on any atom is 0.409 e. The standard InChI is InChI=1S/C16H16Cl4N2O5/c17-10-3-1-9(2-4-10)5-21-13(23)11-6-22(7-12(11)14(24)25)15(26)27-8-16(18,19)20/h1-4,11-12H,5-8H2,(H,21,23)(H,24,25)/t11-,12+/m0/s1. The van der Waals surface area contributed by atoms with Crippen LogP contribution in [0.15, 0.2) is 24.3 Å². The van der Waals surface area contributed by atoms with Crippen molar-refractivity contribution in [3.05, 3.63) is 34.9 Å². The van der Waals surface area contributed by atoms with Gasteiger partial charge in [0.25, 0.3) is 0 Å². The number of aliphatic carboxylic acids is 1. The lowest BCUT2D eigenvalue weighted by molar-refractivity contribution is -0.145. The van der Waals surface area contributed by atoms with Crippen LogP contribution < -0.4 is 5.32 Å². The molecule has 11 heteroatoms. The second kappa shape index (κ2) is 9.19. The third-order valence-corrected chi connectivity index (χ3v) is 4.55. The van der Waals surface area contributed by atoms with E-state index in [1.54, 1.807) is 24.3 Å². The van der Waals surface area contributed by atoms with Gasteiger partial charge in [0, 0.05) is 24.7 Å². The summed E-state index contributed by atoms with van der Waals surface area (Å²) in [4.78, 5) is 37.1. The normalized spacial score (nSPS) is 19.6. The number of amides is 2. The van der Waals surface area contributed by atoms with Crippen molar-refractivity contribution in [2.24, 2.45) is 11.8 Å². The summed E-state index contributed by atoms with van der Waals surface area (Å²) in [5.41, 5.74) is 0.802. The predicted molar refractivity (Wildman–Crippen MR) is 101 cm³/mol. The number of nitrogens with one attached hydrogen (secondary N) is 1. The fourth-order valence-electron chi connectivity index (χ4n) is 2.63. The van der Waals surface area contributed by atoms with Crippen LogP contribution in [0.3, 0.4) is 0 Å². The molecule has 1 aromatic rings. The van der Waals surface area contributed by atoms with Crippen LogP contribution in [0.5, 0.6) is 0 Å². The van der Waals surface area contributed by atoms with Crippen molar-refractivity contribution < 1.29 is 24.2 Å². The van der Waals surface area contributed by atoms with Gasteiger partial charge in [0.05, 0.1) is 11.8 Å². The second-order valence-corrected chi connectivity index (χ2v) is 8.92. The number of carbonyl (C=O) groups excluding carboxylic acids is 2. The highest BCUT2D eigenvalue weighted by molar-refractivity contribution is 6.67. The highest BCUT2D eigenvalue weighted by Gasteiger charge is 2.44. The Morgan fingerprint density at radius 1 is 1.15 bits per heavy atom. The number of carboxylic acids is 1. The van der Waals surface area contributed by atoms with Crippen LogP contribution in [0.2, 0.25) is 5.02 Å². The molecule has 0 bridgehead atoms. The van der Waals surface area contributed by atoms with Crippen LogP contribution in [0.25, 0.3) is 0 Å². The van der Waals surface area contributed by atoms with Crippen molar-refractivity contribution in [1.29, 1.82) is 0 Å². The van der Waals surface area contributed by atoms with Crippen LogP contribution in [0, 0.1) is 11.8 Å². The number of alkyl halides is 3. The van der Waals surface area contributed by atoms with Gasteiger partial charge in [-0.2, -0.15) is 0 Å². The zero-order valence-corrected chi connectivity index (χ0v) is 16.9. The first-order valence-electron chi connectivity index (χ1n) is 7.80. The van der Waals surface area contributed by atoms with E-state index in [4.69, 9.17) is 51.1 Å². The Morgan fingerprint density at radius 2 is 1.74 bits per heavy atom. The Labute approximate surface area is 175 Å². The lowest BCUT2D eigenvalue weighted by atomic mass is 9.95. The summed E-state index contributed by atoms with van der Waals surface area (Å²) in [5, 5.41) is 12.6. The number of ether oxygens (including phenoxy) is 1. The van der Waals surface area contributed by atoms with E-state index < -0.39 is 40.2 Å². The van der Waals surface area contributed by atoms with Gasteiger partial charge < -0.3 is 20.1 Å². The molecule has 2 N–H and O–H groups in total. The molecule has 1 aliphatic heterocycles. The van der Waals surface area contributed by atoms with E-state index in [1.165, 1.54) is 0 Å². The van der Waals surface area contributed by atoms with E-state index in [0.717, 1.165) is 10.5 Å². The first-order chi connectivity index (χ1) is 12.6. The predicted octanol–water partition coefficient (Wildman–Crippen LogP) is 3.10. The first-order valence-corrected chi connectivity index (χ1v) is 9.31. The number of hydrogen-bond acceptors (Lipinski definition) is 4. The molecular weight excluding hydrogens is 442 g/mol. The number of rotatable bonds is 5. The number of halogens is 4. The van der Waals surface area contributed by atoms with E-state index in [1.807, 2.05) is 0 Å². The van der Waals surface area contributed by atoms with Gasteiger partial charge in [-0.15, -0.1) is 0 Å². The molecule has 1 heterocycles. The lowest BCUT2D eigenvalue weighted by Gasteiger charge is -2.18. The molecular formula is C16H16Cl4N2O5. The Bertz CT molecular complexity index is 708. The lowest BCUT2D eigenvalue weighted by Crippen LogP contribution is -2.37. The smallest absolute Gasteiger partial charge is 0.409 e. The highest BCUT2D eigenvalue weighted by Crippen LogP contribution is 2.28. The van der Waals surface area contributed by atoms with Gasteiger partial charge in [-0.1, -0.05) is 58.5 Å². The van der Waals surface area contributed by atoms with Gasteiger partial charge >= 0.3 is 12.1 Å². The first kappa shape index (κ1) is 21.9. The minimum atomic E-state index is -1.78. The van der Waals surface area contributed by atoms with Crippen LogP contribution in [0.4, 0.5) is 4.79 Å². The number of carbonyl (C=O) groups is 3. The average Bonchev–Trinajstić information content (AvgIpc) is 3.04. The van der Waals surface area contributed by atoms with E-state index in [2.05, 4.69) is 5.32 Å². The van der Waals surface area contributed by atoms with Gasteiger partial charge in [-0.3, -0.25) is 9.59 Å². The molecule has 0 aliphatic carbocycles. The molecule has 2 amide bonds. The van der Waals surface area contributed by atoms with E-state index in [9.17, 15) is 19.5 Å². The second-order valence-electron chi connectivity index (χ2n) is 5.97. The van der Waals surface area contributed by atoms with Crippen LogP contribution in [-0.4, -0.2) is 51.5 Å². The fourth-order valence-corrected chi connectivity index (χ4v) is 2.92. The topological polar surface area (TPSA) is 95.9 Å². The van der Waals surface area contributed by atoms with Crippen molar-refractivity contribution in [2.45, 2.75) is 10.3 Å². The molecule has 2 atom stereocenters. The SMILES string of the molecule is O=C(NCc1ccc(Cl)cc1)[C@H]1CN(C(=O)OCC(Cl)(Cl)Cl)C[C@H]1C(=O)O. The van der Waals surface area contributed by atoms with E-state index in [-0.39, 0.29) is 19.6 Å². The molecule has 27 heavy (non-hydrogen) atoms. The Morgan fingerprint density at radius 3 is 2.30 bits per heavy atom. The number of hydrogen-bond donors (Lipinski definition) is 2. The minimum absolute atomic E-state index is 0.109. The molecule has 0 spiro atoms. The van der Waals surface area contributed by atoms with E-state index in [0.29, 0.717) is 5.02 Å². The van der Waals surface area contributed by atoms with Gasteiger partial charge in [0.15, 0.2) is 0 Å². The molecule has 1 saturated heterocycles. The molecule has 1 aromatic carbocycles. The Balaban J connectivity index is 1.96. The summed E-state index contributed by atoms with van der Waals surface area (Å²) in [6.45, 7) is -0.566. The largest absolute Gasteiger partial charge is 0.481 e. The molecule has 0 radical (unpaired) electrons. The average molecular weight is 458 g/mol. The number of carboxylic acid groups (broad SMARTS) is 1. The van der Waals surface area contributed by atoms with Crippen molar-refractivity contribution in [1.82, 2.24) is 10.2 Å². The Hall–Kier alpha value is -1.41. The zero-order chi connectivity index (χ0) is 20.2. The third-order valence-electron chi connectivity index (χ3n) is 3.97. The minimum Gasteiger partial charge on any atom is -0.481 e. The molecule has 0 aromatic heterocycles. The highest BCUT2D eigenvalue weighted by atomic mass is 35.6. The van der Waals surface area contributed by atoms with Crippen LogP contribution in [-0.2, 0) is 20.9 Å². The quantitative estimate of drug-likeness (QED) is 0.662. The summed E-state index contributed by atoms with van der Waals surface area (Å²) in [6.07, 6.45) is -0.847. The van der Waals surface area contributed by atoms with Crippen molar-refractivity contribution >= 4 is 64.4 Å². The molecule has 1 aliphatic rings. The van der Waals surface area contributed by atoms with Gasteiger partial charge in [-0.05, 0) is 17.7 Å². The Kier molecular flexibility index (Phi) is 7.45. The summed E-state index contributed by atoms with van der Waals surface area (Å²) in [6, 6.07) is 6.85. The van der Waals surface area contributed by atoms with Crippen molar-refractivity contribution in [3.63, 3.8) is 0 Å². The van der Waals surface area contributed by atoms with Crippen LogP contribution in [0.1, 0.15) is 5.56 Å². The molecule has 1 fully saturated rings. The molecule has 2 rings (SSSR count). The third kappa shape index (κ3) is 6.60. The van der Waals surface area contributed by atoms with Gasteiger partial charge in [-0.25, -0.2) is 4.79 Å². The summed E-state index contributed by atoms with van der Waals surface area (Å²) >= 11 is 22.4. The fraction of sp³-hybridized carbons (Fsp3) is 0.438. The monoisotopic (exact) mass is 456 g/mol. The molecule has 7 nitrogen and oxygen atoms in total. The molecule has 148 valence electrons. The summed E-state index contributed by atoms with van der Waals surface area (Å²) in [7, 11) is 0. The summed E-state index contributed by atoms with van der Waals surface area (Å²) < 4.78 is 3.06.